The number of fused-ring (bicyclic) bond motifs is 1. The van der Waals surface area contributed by atoms with Gasteiger partial charge in [0.15, 0.2) is 11.9 Å². The van der Waals surface area contributed by atoms with Crippen molar-refractivity contribution in [1.82, 2.24) is 4.98 Å². The van der Waals surface area contributed by atoms with Crippen molar-refractivity contribution in [2.45, 2.75) is 19.4 Å². The molecule has 1 atom stereocenters. The zero-order valence-corrected chi connectivity index (χ0v) is 16.3. The van der Waals surface area contributed by atoms with Crippen LogP contribution < -0.4 is 19.7 Å². The molecular formula is C18H17ClN4O6. The molecule has 1 aliphatic rings. The van der Waals surface area contributed by atoms with E-state index in [2.05, 4.69) is 10.3 Å². The molecule has 152 valence electrons. The van der Waals surface area contributed by atoms with Crippen molar-refractivity contribution in [2.24, 2.45) is 0 Å². The number of benzene rings is 1. The van der Waals surface area contributed by atoms with E-state index < -0.39 is 35.2 Å². The van der Waals surface area contributed by atoms with E-state index in [0.29, 0.717) is 22.9 Å². The first-order valence-corrected chi connectivity index (χ1v) is 8.98. The molecule has 1 unspecified atom stereocenters. The number of carbonyl (C=O) groups excluding carboxylic acids is 2. The van der Waals surface area contributed by atoms with Gasteiger partial charge in [0.2, 0.25) is 5.91 Å². The molecule has 0 bridgehead atoms. The SMILES string of the molecule is CCC1Oc2ccc([N+](=O)[O-])nc2N(CC(=O)Nc2ccc(OC)c(Cl)c2)C1=O. The molecule has 1 aliphatic heterocycles. The molecule has 0 saturated heterocycles. The van der Waals surface area contributed by atoms with E-state index in [1.165, 1.54) is 25.3 Å². The molecule has 0 spiro atoms. The van der Waals surface area contributed by atoms with Gasteiger partial charge in [-0.15, -0.1) is 0 Å². The molecule has 29 heavy (non-hydrogen) atoms. The maximum atomic E-state index is 12.7. The summed E-state index contributed by atoms with van der Waals surface area (Å²) in [5.41, 5.74) is 0.403. The Labute approximate surface area is 170 Å². The Bertz CT molecular complexity index is 983. The molecule has 2 heterocycles. The van der Waals surface area contributed by atoms with Crippen LogP contribution >= 0.6 is 11.6 Å². The van der Waals surface area contributed by atoms with Crippen LogP contribution in [0.1, 0.15) is 13.3 Å². The second kappa shape index (κ2) is 8.31. The Morgan fingerprint density at radius 1 is 1.41 bits per heavy atom. The molecule has 0 fully saturated rings. The molecule has 11 heteroatoms. The summed E-state index contributed by atoms with van der Waals surface area (Å²) in [6.45, 7) is 1.35. The second-order valence-electron chi connectivity index (χ2n) is 6.08. The first kappa shape index (κ1) is 20.3. The number of amides is 2. The van der Waals surface area contributed by atoms with Crippen LogP contribution in [0, 0.1) is 10.1 Å². The fourth-order valence-electron chi connectivity index (χ4n) is 2.79. The number of nitrogens with one attached hydrogen (secondary N) is 1. The molecule has 2 aromatic rings. The van der Waals surface area contributed by atoms with Crippen molar-refractivity contribution in [2.75, 3.05) is 23.9 Å². The average molecular weight is 421 g/mol. The van der Waals surface area contributed by atoms with E-state index in [1.807, 2.05) is 0 Å². The summed E-state index contributed by atoms with van der Waals surface area (Å²) in [4.78, 5) is 40.5. The summed E-state index contributed by atoms with van der Waals surface area (Å²) in [5.74, 6) is -0.919. The lowest BCUT2D eigenvalue weighted by atomic mass is 10.2. The summed E-state index contributed by atoms with van der Waals surface area (Å²) in [5, 5.41) is 14.0. The number of nitro groups is 1. The van der Waals surface area contributed by atoms with Gasteiger partial charge in [-0.3, -0.25) is 14.5 Å². The molecule has 0 saturated carbocycles. The third-order valence-electron chi connectivity index (χ3n) is 4.19. The van der Waals surface area contributed by atoms with E-state index in [4.69, 9.17) is 21.1 Å². The molecule has 10 nitrogen and oxygen atoms in total. The average Bonchev–Trinajstić information content (AvgIpc) is 2.69. The van der Waals surface area contributed by atoms with E-state index >= 15 is 0 Å². The highest BCUT2D eigenvalue weighted by Crippen LogP contribution is 2.34. The minimum atomic E-state index is -0.811. The first-order valence-electron chi connectivity index (χ1n) is 8.61. The van der Waals surface area contributed by atoms with E-state index in [9.17, 15) is 19.7 Å². The summed E-state index contributed by atoms with van der Waals surface area (Å²) in [7, 11) is 1.47. The number of hydrogen-bond donors (Lipinski definition) is 1. The highest BCUT2D eigenvalue weighted by Gasteiger charge is 2.39. The lowest BCUT2D eigenvalue weighted by Crippen LogP contribution is -2.49. The zero-order valence-electron chi connectivity index (χ0n) is 15.5. The van der Waals surface area contributed by atoms with Gasteiger partial charge in [-0.25, -0.2) is 0 Å². The topological polar surface area (TPSA) is 124 Å². The van der Waals surface area contributed by atoms with Gasteiger partial charge in [0.25, 0.3) is 11.7 Å². The maximum absolute atomic E-state index is 12.7. The number of halogens is 1. The Balaban J connectivity index is 1.85. The number of rotatable bonds is 6. The summed E-state index contributed by atoms with van der Waals surface area (Å²) >= 11 is 6.05. The van der Waals surface area contributed by atoms with Crippen molar-refractivity contribution in [3.63, 3.8) is 0 Å². The normalized spacial score (nSPS) is 15.3. The second-order valence-corrected chi connectivity index (χ2v) is 6.49. The van der Waals surface area contributed by atoms with Crippen LogP contribution in [-0.4, -0.2) is 41.5 Å². The minimum absolute atomic E-state index is 0.0724. The van der Waals surface area contributed by atoms with Gasteiger partial charge in [-0.1, -0.05) is 18.5 Å². The van der Waals surface area contributed by atoms with Crippen LogP contribution in [0.15, 0.2) is 30.3 Å². The van der Waals surface area contributed by atoms with Crippen LogP contribution in [0.4, 0.5) is 17.3 Å². The van der Waals surface area contributed by atoms with Crippen molar-refractivity contribution < 1.29 is 24.0 Å². The van der Waals surface area contributed by atoms with Crippen molar-refractivity contribution in [3.05, 3.63) is 45.5 Å². The summed E-state index contributed by atoms with van der Waals surface area (Å²) < 4.78 is 10.6. The molecule has 1 N–H and O–H groups in total. The Morgan fingerprint density at radius 3 is 2.79 bits per heavy atom. The van der Waals surface area contributed by atoms with Gasteiger partial charge in [0.05, 0.1) is 12.1 Å². The standard InChI is InChI=1S/C18H17ClN4O6/c1-3-12-18(25)22(17-14(29-12)6-7-15(21-17)23(26)27)9-16(24)20-10-4-5-13(28-2)11(19)8-10/h4-8,12H,3,9H2,1-2H3,(H,20,24). The highest BCUT2D eigenvalue weighted by molar-refractivity contribution is 6.32. The Hall–Kier alpha value is -3.40. The lowest BCUT2D eigenvalue weighted by molar-refractivity contribution is -0.389. The highest BCUT2D eigenvalue weighted by atomic mass is 35.5. The van der Waals surface area contributed by atoms with Crippen LogP contribution in [0.3, 0.4) is 0 Å². The number of aromatic nitrogens is 1. The number of anilines is 2. The smallest absolute Gasteiger partial charge is 0.366 e. The number of methoxy groups -OCH3 is 1. The number of nitrogens with zero attached hydrogens (tertiary/aromatic N) is 3. The Morgan fingerprint density at radius 2 is 2.17 bits per heavy atom. The van der Waals surface area contributed by atoms with E-state index in [-0.39, 0.29) is 11.6 Å². The number of pyridine rings is 1. The van der Waals surface area contributed by atoms with Gasteiger partial charge in [-0.05, 0) is 40.6 Å². The molecule has 1 aromatic carbocycles. The minimum Gasteiger partial charge on any atom is -0.495 e. The molecule has 1 aromatic heterocycles. The molecule has 3 rings (SSSR count). The number of hydrogen-bond acceptors (Lipinski definition) is 7. The van der Waals surface area contributed by atoms with Crippen LogP contribution in [0.2, 0.25) is 5.02 Å². The van der Waals surface area contributed by atoms with Gasteiger partial charge in [0, 0.05) is 11.8 Å². The third-order valence-corrected chi connectivity index (χ3v) is 4.48. The van der Waals surface area contributed by atoms with E-state index in [0.717, 1.165) is 4.90 Å². The Kier molecular flexibility index (Phi) is 5.83. The number of ether oxygens (including phenoxy) is 2. The largest absolute Gasteiger partial charge is 0.495 e. The molecule has 0 aliphatic carbocycles. The predicted molar refractivity (Wildman–Crippen MR) is 105 cm³/mol. The summed E-state index contributed by atoms with van der Waals surface area (Å²) in [6.07, 6.45) is -0.449. The molecule has 0 radical (unpaired) electrons. The third kappa shape index (κ3) is 4.21. The molecular weight excluding hydrogens is 404 g/mol. The predicted octanol–water partition coefficient (Wildman–Crippen LogP) is 2.79. The monoisotopic (exact) mass is 420 g/mol. The van der Waals surface area contributed by atoms with E-state index in [1.54, 1.807) is 19.1 Å². The van der Waals surface area contributed by atoms with Crippen molar-refractivity contribution in [3.8, 4) is 11.5 Å². The summed E-state index contributed by atoms with van der Waals surface area (Å²) in [6, 6.07) is 7.23. The quantitative estimate of drug-likeness (QED) is 0.562. The number of carbonyl (C=O) groups is 2. The van der Waals surface area contributed by atoms with Crippen molar-refractivity contribution in [1.29, 1.82) is 0 Å². The fourth-order valence-corrected chi connectivity index (χ4v) is 3.05. The zero-order chi connectivity index (χ0) is 21.1. The van der Waals surface area contributed by atoms with Gasteiger partial charge in [-0.2, -0.15) is 0 Å². The van der Waals surface area contributed by atoms with Gasteiger partial charge in [0.1, 0.15) is 12.3 Å². The van der Waals surface area contributed by atoms with Crippen LogP contribution in [0.5, 0.6) is 11.5 Å². The maximum Gasteiger partial charge on any atom is 0.366 e. The van der Waals surface area contributed by atoms with Crippen LogP contribution in [-0.2, 0) is 9.59 Å². The fraction of sp³-hybridized carbons (Fsp3) is 0.278. The van der Waals surface area contributed by atoms with Gasteiger partial charge >= 0.3 is 5.82 Å². The molecule has 2 amide bonds. The van der Waals surface area contributed by atoms with Gasteiger partial charge < -0.3 is 24.9 Å². The van der Waals surface area contributed by atoms with Crippen LogP contribution in [0.25, 0.3) is 0 Å². The first-order chi connectivity index (χ1) is 13.8. The lowest BCUT2D eigenvalue weighted by Gasteiger charge is -2.30. The van der Waals surface area contributed by atoms with Crippen molar-refractivity contribution >= 4 is 40.7 Å².